The standard InChI is InChI=1S/C21H25NO5/c1-4-26-18-12-11-16(13-19(18)27-5-2)17(14-20(23)25-3)22-21(24)15-9-7-6-8-10-15/h6-13,17H,4-5,14H2,1-3H3,(H,22,24). The first-order chi connectivity index (χ1) is 13.1. The number of carbonyl (C=O) groups excluding carboxylic acids is 2. The highest BCUT2D eigenvalue weighted by Gasteiger charge is 2.21. The van der Waals surface area contributed by atoms with Crippen molar-refractivity contribution in [1.82, 2.24) is 5.32 Å². The molecule has 2 rings (SSSR count). The molecule has 2 aromatic rings. The highest BCUT2D eigenvalue weighted by Crippen LogP contribution is 2.32. The van der Waals surface area contributed by atoms with Crippen LogP contribution in [0.15, 0.2) is 48.5 Å². The summed E-state index contributed by atoms with van der Waals surface area (Å²) in [6, 6.07) is 13.7. The van der Waals surface area contributed by atoms with Crippen LogP contribution in [0.25, 0.3) is 0 Å². The van der Waals surface area contributed by atoms with E-state index in [0.717, 1.165) is 5.56 Å². The van der Waals surface area contributed by atoms with Gasteiger partial charge in [0.15, 0.2) is 11.5 Å². The SMILES string of the molecule is CCOc1ccc(C(CC(=O)OC)NC(=O)c2ccccc2)cc1OCC. The van der Waals surface area contributed by atoms with Crippen LogP contribution in [-0.4, -0.2) is 32.2 Å². The first-order valence-corrected chi connectivity index (χ1v) is 8.91. The first kappa shape index (κ1) is 20.3. The van der Waals surface area contributed by atoms with Crippen molar-refractivity contribution in [1.29, 1.82) is 0 Å². The molecule has 0 aliphatic carbocycles. The van der Waals surface area contributed by atoms with E-state index in [9.17, 15) is 9.59 Å². The Morgan fingerprint density at radius 1 is 0.963 bits per heavy atom. The van der Waals surface area contributed by atoms with Crippen molar-refractivity contribution >= 4 is 11.9 Å². The van der Waals surface area contributed by atoms with Gasteiger partial charge in [0.25, 0.3) is 5.91 Å². The molecule has 6 nitrogen and oxygen atoms in total. The lowest BCUT2D eigenvalue weighted by atomic mass is 10.0. The molecule has 6 heteroatoms. The number of carbonyl (C=O) groups is 2. The third kappa shape index (κ3) is 5.74. The topological polar surface area (TPSA) is 73.9 Å². The molecular weight excluding hydrogens is 346 g/mol. The lowest BCUT2D eigenvalue weighted by molar-refractivity contribution is -0.141. The van der Waals surface area contributed by atoms with Crippen LogP contribution in [0.2, 0.25) is 0 Å². The van der Waals surface area contributed by atoms with E-state index in [4.69, 9.17) is 14.2 Å². The minimum Gasteiger partial charge on any atom is -0.490 e. The number of benzene rings is 2. The predicted molar refractivity (Wildman–Crippen MR) is 102 cm³/mol. The molecule has 144 valence electrons. The van der Waals surface area contributed by atoms with Crippen molar-refractivity contribution in [2.45, 2.75) is 26.3 Å². The van der Waals surface area contributed by atoms with Gasteiger partial charge >= 0.3 is 5.97 Å². The van der Waals surface area contributed by atoms with Gasteiger partial charge in [-0.2, -0.15) is 0 Å². The van der Waals surface area contributed by atoms with Crippen LogP contribution in [0, 0.1) is 0 Å². The molecule has 0 spiro atoms. The average Bonchev–Trinajstić information content (AvgIpc) is 2.69. The predicted octanol–water partition coefficient (Wildman–Crippen LogP) is 3.52. The van der Waals surface area contributed by atoms with E-state index in [-0.39, 0.29) is 12.3 Å². The van der Waals surface area contributed by atoms with Gasteiger partial charge in [-0.1, -0.05) is 24.3 Å². The molecule has 0 heterocycles. The summed E-state index contributed by atoms with van der Waals surface area (Å²) in [6.45, 7) is 4.76. The molecule has 27 heavy (non-hydrogen) atoms. The number of methoxy groups -OCH3 is 1. The molecule has 2 aromatic carbocycles. The summed E-state index contributed by atoms with van der Waals surface area (Å²) in [4.78, 5) is 24.4. The summed E-state index contributed by atoms with van der Waals surface area (Å²) in [6.07, 6.45) is 0.00855. The van der Waals surface area contributed by atoms with Gasteiger partial charge in [0.1, 0.15) is 0 Å². The number of hydrogen-bond acceptors (Lipinski definition) is 5. The summed E-state index contributed by atoms with van der Waals surface area (Å²) >= 11 is 0. The van der Waals surface area contributed by atoms with E-state index < -0.39 is 12.0 Å². The smallest absolute Gasteiger partial charge is 0.307 e. The van der Waals surface area contributed by atoms with Crippen LogP contribution >= 0.6 is 0 Å². The van der Waals surface area contributed by atoms with Gasteiger partial charge in [0, 0.05) is 5.56 Å². The van der Waals surface area contributed by atoms with E-state index in [1.54, 1.807) is 36.4 Å². The molecular formula is C21H25NO5. The van der Waals surface area contributed by atoms with Crippen LogP contribution in [0.3, 0.4) is 0 Å². The van der Waals surface area contributed by atoms with Crippen LogP contribution < -0.4 is 14.8 Å². The Bertz CT molecular complexity index is 760. The van der Waals surface area contributed by atoms with Crippen molar-refractivity contribution in [2.75, 3.05) is 20.3 Å². The van der Waals surface area contributed by atoms with E-state index in [1.807, 2.05) is 26.0 Å². The van der Waals surface area contributed by atoms with Crippen molar-refractivity contribution in [3.63, 3.8) is 0 Å². The molecule has 1 unspecified atom stereocenters. The zero-order valence-corrected chi connectivity index (χ0v) is 15.9. The maximum absolute atomic E-state index is 12.6. The number of esters is 1. The maximum Gasteiger partial charge on any atom is 0.307 e. The molecule has 1 atom stereocenters. The lowest BCUT2D eigenvalue weighted by Gasteiger charge is -2.20. The Morgan fingerprint density at radius 2 is 1.63 bits per heavy atom. The fraction of sp³-hybridized carbons (Fsp3) is 0.333. The summed E-state index contributed by atoms with van der Waals surface area (Å²) in [5.41, 5.74) is 1.25. The number of nitrogens with one attached hydrogen (secondary N) is 1. The molecule has 0 aliphatic heterocycles. The molecule has 0 aliphatic rings. The van der Waals surface area contributed by atoms with E-state index in [1.165, 1.54) is 7.11 Å². The lowest BCUT2D eigenvalue weighted by Crippen LogP contribution is -2.30. The Labute approximate surface area is 159 Å². The van der Waals surface area contributed by atoms with Crippen LogP contribution in [0.4, 0.5) is 0 Å². The second kappa shape index (κ2) is 10.2. The van der Waals surface area contributed by atoms with Crippen molar-refractivity contribution in [2.24, 2.45) is 0 Å². The Hall–Kier alpha value is -3.02. The fourth-order valence-corrected chi connectivity index (χ4v) is 2.62. The van der Waals surface area contributed by atoms with Gasteiger partial charge in [0.05, 0.1) is 32.8 Å². The summed E-state index contributed by atoms with van der Waals surface area (Å²) in [7, 11) is 1.32. The van der Waals surface area contributed by atoms with Crippen LogP contribution in [0.5, 0.6) is 11.5 Å². The molecule has 0 bridgehead atoms. The second-order valence-corrected chi connectivity index (χ2v) is 5.74. The monoisotopic (exact) mass is 371 g/mol. The molecule has 1 N–H and O–H groups in total. The maximum atomic E-state index is 12.6. The highest BCUT2D eigenvalue weighted by atomic mass is 16.5. The fourth-order valence-electron chi connectivity index (χ4n) is 2.62. The first-order valence-electron chi connectivity index (χ1n) is 8.91. The number of amides is 1. The van der Waals surface area contributed by atoms with E-state index in [2.05, 4.69) is 5.32 Å². The Morgan fingerprint density at radius 3 is 2.26 bits per heavy atom. The largest absolute Gasteiger partial charge is 0.490 e. The Balaban J connectivity index is 2.31. The molecule has 0 radical (unpaired) electrons. The number of rotatable bonds is 9. The summed E-state index contributed by atoms with van der Waals surface area (Å²) < 4.78 is 16.0. The Kier molecular flexibility index (Phi) is 7.67. The molecule has 0 saturated carbocycles. The van der Waals surface area contributed by atoms with Crippen molar-refractivity contribution < 1.29 is 23.8 Å². The average molecular weight is 371 g/mol. The van der Waals surface area contributed by atoms with E-state index in [0.29, 0.717) is 30.3 Å². The van der Waals surface area contributed by atoms with Gasteiger partial charge < -0.3 is 19.5 Å². The quantitative estimate of drug-likeness (QED) is 0.683. The molecule has 0 fully saturated rings. The number of hydrogen-bond donors (Lipinski definition) is 1. The van der Waals surface area contributed by atoms with E-state index >= 15 is 0 Å². The van der Waals surface area contributed by atoms with Crippen molar-refractivity contribution in [3.8, 4) is 11.5 Å². The van der Waals surface area contributed by atoms with Gasteiger partial charge in [0.2, 0.25) is 0 Å². The van der Waals surface area contributed by atoms with Gasteiger partial charge in [-0.15, -0.1) is 0 Å². The normalized spacial score (nSPS) is 11.4. The minimum absolute atomic E-state index is 0.00855. The second-order valence-electron chi connectivity index (χ2n) is 5.74. The summed E-state index contributed by atoms with van der Waals surface area (Å²) in [5, 5.41) is 2.90. The minimum atomic E-state index is -0.556. The zero-order valence-electron chi connectivity index (χ0n) is 15.9. The van der Waals surface area contributed by atoms with Gasteiger partial charge in [-0.05, 0) is 43.7 Å². The van der Waals surface area contributed by atoms with Crippen LogP contribution in [-0.2, 0) is 9.53 Å². The van der Waals surface area contributed by atoms with Crippen LogP contribution in [0.1, 0.15) is 42.2 Å². The third-order valence-electron chi connectivity index (χ3n) is 3.91. The zero-order chi connectivity index (χ0) is 19.6. The van der Waals surface area contributed by atoms with Gasteiger partial charge in [-0.25, -0.2) is 0 Å². The summed E-state index contributed by atoms with van der Waals surface area (Å²) in [5.74, 6) is 0.506. The molecule has 1 amide bonds. The molecule has 0 saturated heterocycles. The third-order valence-corrected chi connectivity index (χ3v) is 3.91. The molecule has 0 aromatic heterocycles. The number of ether oxygens (including phenoxy) is 3. The van der Waals surface area contributed by atoms with Gasteiger partial charge in [-0.3, -0.25) is 9.59 Å². The van der Waals surface area contributed by atoms with Crippen molar-refractivity contribution in [3.05, 3.63) is 59.7 Å². The highest BCUT2D eigenvalue weighted by molar-refractivity contribution is 5.94.